The molecule has 3 rings (SSSR count). The number of ether oxygens (including phenoxy) is 1. The minimum atomic E-state index is -3.12. The molecular weight excluding hydrogens is 362 g/mol. The number of piperazine rings is 1. The molecule has 0 aliphatic carbocycles. The fraction of sp³-hybridized carbons (Fsp3) is 0.467. The molecule has 2 aromatic rings. The Morgan fingerprint density at radius 1 is 1.20 bits per heavy atom. The molecule has 1 N–H and O–H groups in total. The van der Waals surface area contributed by atoms with Crippen LogP contribution in [0.25, 0.3) is 11.4 Å². The normalized spacial score (nSPS) is 16.9. The monoisotopic (exact) mass is 383 g/mol. The van der Waals surface area contributed by atoms with Crippen LogP contribution in [0, 0.1) is 4.77 Å². The Bertz CT molecular complexity index is 881. The second-order valence-corrected chi connectivity index (χ2v) is 8.28. The number of methoxy groups -OCH3 is 1. The van der Waals surface area contributed by atoms with Crippen LogP contribution >= 0.6 is 12.2 Å². The summed E-state index contributed by atoms with van der Waals surface area (Å²) in [5.41, 5.74) is 0.924. The van der Waals surface area contributed by atoms with E-state index in [-0.39, 0.29) is 0 Å². The lowest BCUT2D eigenvalue weighted by Crippen LogP contribution is -2.48. The van der Waals surface area contributed by atoms with E-state index in [1.807, 2.05) is 24.3 Å². The Hall–Kier alpha value is -1.75. The van der Waals surface area contributed by atoms with Crippen molar-refractivity contribution in [1.29, 1.82) is 0 Å². The summed E-state index contributed by atoms with van der Waals surface area (Å²) < 4.78 is 32.1. The number of benzene rings is 1. The van der Waals surface area contributed by atoms with E-state index in [1.54, 1.807) is 11.8 Å². The van der Waals surface area contributed by atoms with Crippen molar-refractivity contribution in [3.63, 3.8) is 0 Å². The lowest BCUT2D eigenvalue weighted by molar-refractivity contribution is 0.145. The maximum atomic E-state index is 11.6. The molecular formula is C15H21N5O3S2. The molecule has 1 aromatic heterocycles. The zero-order valence-corrected chi connectivity index (χ0v) is 15.8. The molecule has 0 saturated carbocycles. The van der Waals surface area contributed by atoms with E-state index < -0.39 is 10.0 Å². The average molecular weight is 383 g/mol. The van der Waals surface area contributed by atoms with E-state index >= 15 is 0 Å². The SMILES string of the molecule is COc1ccc(-c2nc(=S)n(CN3CCN(S(C)(=O)=O)CC3)[nH]2)cc1. The highest BCUT2D eigenvalue weighted by atomic mass is 32.2. The van der Waals surface area contributed by atoms with Crippen LogP contribution in [0.2, 0.25) is 0 Å². The third-order valence-electron chi connectivity index (χ3n) is 4.18. The number of aromatic amines is 1. The summed E-state index contributed by atoms with van der Waals surface area (Å²) in [5, 5.41) is 3.21. The summed E-state index contributed by atoms with van der Waals surface area (Å²) in [5.74, 6) is 1.48. The molecule has 136 valence electrons. The Balaban J connectivity index is 1.68. The predicted molar refractivity (Wildman–Crippen MR) is 97.4 cm³/mol. The number of hydrogen-bond acceptors (Lipinski definition) is 6. The minimum Gasteiger partial charge on any atom is -0.497 e. The van der Waals surface area contributed by atoms with Gasteiger partial charge in [-0.25, -0.2) is 13.1 Å². The molecule has 0 atom stereocenters. The molecule has 0 unspecified atom stereocenters. The van der Waals surface area contributed by atoms with Crippen LogP contribution in [-0.4, -0.2) is 71.9 Å². The van der Waals surface area contributed by atoms with Gasteiger partial charge in [0.2, 0.25) is 14.8 Å². The molecule has 0 spiro atoms. The van der Waals surface area contributed by atoms with Crippen molar-refractivity contribution in [3.05, 3.63) is 29.0 Å². The zero-order chi connectivity index (χ0) is 18.0. The Morgan fingerprint density at radius 3 is 2.40 bits per heavy atom. The van der Waals surface area contributed by atoms with Gasteiger partial charge in [0.05, 0.1) is 20.0 Å². The summed E-state index contributed by atoms with van der Waals surface area (Å²) in [7, 11) is -1.49. The van der Waals surface area contributed by atoms with Gasteiger partial charge in [-0.05, 0) is 36.5 Å². The lowest BCUT2D eigenvalue weighted by atomic mass is 10.2. The first-order valence-corrected chi connectivity index (χ1v) is 10.1. The van der Waals surface area contributed by atoms with Crippen LogP contribution in [0.15, 0.2) is 24.3 Å². The molecule has 1 aromatic carbocycles. The molecule has 8 nitrogen and oxygen atoms in total. The topological polar surface area (TPSA) is 83.5 Å². The van der Waals surface area contributed by atoms with Gasteiger partial charge in [0.1, 0.15) is 5.75 Å². The first kappa shape index (κ1) is 18.1. The number of nitrogens with one attached hydrogen (secondary N) is 1. The van der Waals surface area contributed by atoms with Crippen molar-refractivity contribution >= 4 is 22.2 Å². The first-order valence-electron chi connectivity index (χ1n) is 7.85. The van der Waals surface area contributed by atoms with Gasteiger partial charge in [-0.3, -0.25) is 10.00 Å². The van der Waals surface area contributed by atoms with E-state index in [9.17, 15) is 8.42 Å². The highest BCUT2D eigenvalue weighted by Gasteiger charge is 2.23. The van der Waals surface area contributed by atoms with Gasteiger partial charge in [-0.1, -0.05) is 0 Å². The molecule has 0 bridgehead atoms. The zero-order valence-electron chi connectivity index (χ0n) is 14.2. The van der Waals surface area contributed by atoms with Gasteiger partial charge < -0.3 is 4.74 Å². The van der Waals surface area contributed by atoms with Crippen LogP contribution in [0.5, 0.6) is 5.75 Å². The smallest absolute Gasteiger partial charge is 0.217 e. The van der Waals surface area contributed by atoms with Crippen LogP contribution in [0.1, 0.15) is 0 Å². The van der Waals surface area contributed by atoms with Crippen molar-refractivity contribution < 1.29 is 13.2 Å². The second-order valence-electron chi connectivity index (χ2n) is 5.93. The van der Waals surface area contributed by atoms with Crippen molar-refractivity contribution in [2.75, 3.05) is 39.5 Å². The van der Waals surface area contributed by atoms with Gasteiger partial charge in [-0.15, -0.1) is 0 Å². The Kier molecular flexibility index (Phi) is 5.23. The number of nitrogens with zero attached hydrogens (tertiary/aromatic N) is 4. The van der Waals surface area contributed by atoms with Crippen LogP contribution in [0.4, 0.5) is 0 Å². The number of aromatic nitrogens is 3. The quantitative estimate of drug-likeness (QED) is 0.780. The predicted octanol–water partition coefficient (Wildman–Crippen LogP) is 1.15. The van der Waals surface area contributed by atoms with Crippen molar-refractivity contribution in [3.8, 4) is 17.1 Å². The Labute approximate surface area is 152 Å². The second kappa shape index (κ2) is 7.24. The molecule has 0 amide bonds. The molecule has 1 aliphatic heterocycles. The number of hydrogen-bond donors (Lipinski definition) is 1. The van der Waals surface area contributed by atoms with Crippen molar-refractivity contribution in [2.45, 2.75) is 6.67 Å². The summed E-state index contributed by atoms with van der Waals surface area (Å²) in [4.78, 5) is 6.55. The highest BCUT2D eigenvalue weighted by Crippen LogP contribution is 2.19. The fourth-order valence-corrected chi connectivity index (χ4v) is 3.75. The number of rotatable bonds is 5. The molecule has 1 aliphatic rings. The molecule has 10 heteroatoms. The molecule has 0 radical (unpaired) electrons. The maximum Gasteiger partial charge on any atom is 0.217 e. The van der Waals surface area contributed by atoms with Gasteiger partial charge in [-0.2, -0.15) is 9.29 Å². The molecule has 25 heavy (non-hydrogen) atoms. The third kappa shape index (κ3) is 4.27. The Morgan fingerprint density at radius 2 is 1.84 bits per heavy atom. The number of sulfonamides is 1. The third-order valence-corrected chi connectivity index (χ3v) is 5.80. The molecule has 2 heterocycles. The van der Waals surface area contributed by atoms with E-state index in [1.165, 1.54) is 10.6 Å². The van der Waals surface area contributed by atoms with E-state index in [0.29, 0.717) is 43.4 Å². The maximum absolute atomic E-state index is 11.6. The van der Waals surface area contributed by atoms with Crippen LogP contribution < -0.4 is 4.74 Å². The van der Waals surface area contributed by atoms with Crippen LogP contribution in [-0.2, 0) is 16.7 Å². The van der Waals surface area contributed by atoms with Gasteiger partial charge >= 0.3 is 0 Å². The summed E-state index contributed by atoms with van der Waals surface area (Å²) in [6, 6.07) is 7.58. The largest absolute Gasteiger partial charge is 0.497 e. The fourth-order valence-electron chi connectivity index (χ4n) is 2.73. The molecule has 1 fully saturated rings. The van der Waals surface area contributed by atoms with Gasteiger partial charge in [0.25, 0.3) is 0 Å². The van der Waals surface area contributed by atoms with Crippen molar-refractivity contribution in [2.24, 2.45) is 0 Å². The van der Waals surface area contributed by atoms with Crippen LogP contribution in [0.3, 0.4) is 0 Å². The summed E-state index contributed by atoms with van der Waals surface area (Å²) >= 11 is 5.34. The van der Waals surface area contributed by atoms with Crippen molar-refractivity contribution in [1.82, 2.24) is 24.0 Å². The van der Waals surface area contributed by atoms with Gasteiger partial charge in [0.15, 0.2) is 5.82 Å². The van der Waals surface area contributed by atoms with E-state index in [2.05, 4.69) is 15.0 Å². The summed E-state index contributed by atoms with van der Waals surface area (Å²) in [6.07, 6.45) is 1.24. The molecule has 1 saturated heterocycles. The van der Waals surface area contributed by atoms with E-state index in [0.717, 1.165) is 11.3 Å². The number of H-pyrrole nitrogens is 1. The lowest BCUT2D eigenvalue weighted by Gasteiger charge is -2.32. The van der Waals surface area contributed by atoms with E-state index in [4.69, 9.17) is 17.0 Å². The minimum absolute atomic E-state index is 0.469. The highest BCUT2D eigenvalue weighted by molar-refractivity contribution is 7.88. The first-order chi connectivity index (χ1) is 11.9. The average Bonchev–Trinajstić information content (AvgIpc) is 2.95. The standard InChI is InChI=1S/C15H21N5O3S2/c1-23-13-5-3-12(4-6-13)14-16-15(24)20(17-14)11-18-7-9-19(10-8-18)25(2,21)22/h3-6H,7-11H2,1-2H3,(H,16,17,24). The summed E-state index contributed by atoms with van der Waals surface area (Å²) in [6.45, 7) is 2.86. The van der Waals surface area contributed by atoms with Gasteiger partial charge in [0, 0.05) is 31.7 Å².